The van der Waals surface area contributed by atoms with Crippen LogP contribution in [0.25, 0.3) is 0 Å². The van der Waals surface area contributed by atoms with Gasteiger partial charge in [0.05, 0.1) is 6.54 Å². The Balaban J connectivity index is 0.00000196. The minimum absolute atomic E-state index is 0. The standard InChI is InChI=1S/C21H24BrN2O.BrH/c1-16-6-8-17(9-7-16)21(25)15-23(19-12-10-18(22)11-13-19)20-5-3-2-4-14-24(20)21;/h6-13,25H,2-5,14-15H2,1H3;1H/q+1;/p-1. The number of hydrogen-bond donors (Lipinski definition) is 1. The van der Waals surface area contributed by atoms with Gasteiger partial charge in [-0.3, -0.25) is 0 Å². The highest BCUT2D eigenvalue weighted by atomic mass is 79.9. The molecule has 2 aliphatic heterocycles. The summed E-state index contributed by atoms with van der Waals surface area (Å²) in [5.41, 5.74) is 2.39. The lowest BCUT2D eigenvalue weighted by Crippen LogP contribution is -3.00. The van der Waals surface area contributed by atoms with Crippen molar-refractivity contribution in [3.8, 4) is 0 Å². The van der Waals surface area contributed by atoms with Gasteiger partial charge in [-0.15, -0.1) is 0 Å². The monoisotopic (exact) mass is 478 g/mol. The Kier molecular flexibility index (Phi) is 5.90. The fraction of sp³-hybridized carbons (Fsp3) is 0.381. The number of hydrogen-bond acceptors (Lipinski definition) is 2. The number of rotatable bonds is 2. The molecule has 3 nitrogen and oxygen atoms in total. The van der Waals surface area contributed by atoms with Gasteiger partial charge in [-0.05, 0) is 50.5 Å². The number of aryl methyl sites for hydroxylation is 1. The van der Waals surface area contributed by atoms with Crippen molar-refractivity contribution in [2.24, 2.45) is 0 Å². The van der Waals surface area contributed by atoms with Crippen molar-refractivity contribution in [1.29, 1.82) is 0 Å². The van der Waals surface area contributed by atoms with Gasteiger partial charge in [0.15, 0.2) is 6.54 Å². The summed E-state index contributed by atoms with van der Waals surface area (Å²) in [7, 11) is 0. The quantitative estimate of drug-likeness (QED) is 0.659. The first-order valence-corrected chi connectivity index (χ1v) is 9.83. The van der Waals surface area contributed by atoms with Gasteiger partial charge in [0, 0.05) is 16.5 Å². The number of β-amino-alcohol motifs (C(OH)–C–C–N with tert-alkyl or cyclic N) is 1. The lowest BCUT2D eigenvalue weighted by atomic mass is 10.0. The van der Waals surface area contributed by atoms with Crippen molar-refractivity contribution in [3.05, 3.63) is 64.1 Å². The number of halogens is 2. The van der Waals surface area contributed by atoms with Crippen LogP contribution in [0.3, 0.4) is 0 Å². The largest absolute Gasteiger partial charge is 1.00 e. The van der Waals surface area contributed by atoms with Gasteiger partial charge in [-0.25, -0.2) is 9.48 Å². The highest BCUT2D eigenvalue weighted by Crippen LogP contribution is 2.35. The maximum absolute atomic E-state index is 11.7. The molecule has 0 radical (unpaired) electrons. The van der Waals surface area contributed by atoms with E-state index in [9.17, 15) is 5.11 Å². The smallest absolute Gasteiger partial charge is 0.271 e. The van der Waals surface area contributed by atoms with Gasteiger partial charge < -0.3 is 22.1 Å². The average Bonchev–Trinajstić information content (AvgIpc) is 2.78. The Bertz CT molecular complexity index is 802. The molecule has 2 aliphatic rings. The zero-order valence-electron chi connectivity index (χ0n) is 15.0. The molecule has 2 heterocycles. The molecular formula is C21H24Br2N2O. The second-order valence-corrected chi connectivity index (χ2v) is 8.04. The zero-order chi connectivity index (χ0) is 17.4. The summed E-state index contributed by atoms with van der Waals surface area (Å²) in [6.07, 6.45) is 4.55. The first-order chi connectivity index (χ1) is 12.1. The number of aliphatic hydroxyl groups is 1. The van der Waals surface area contributed by atoms with Crippen LogP contribution in [0, 0.1) is 6.92 Å². The summed E-state index contributed by atoms with van der Waals surface area (Å²) in [6, 6.07) is 16.7. The van der Waals surface area contributed by atoms with Crippen LogP contribution in [-0.2, 0) is 5.72 Å². The number of anilines is 1. The molecule has 0 saturated carbocycles. The van der Waals surface area contributed by atoms with E-state index in [-0.39, 0.29) is 17.0 Å². The second-order valence-electron chi connectivity index (χ2n) is 7.12. The van der Waals surface area contributed by atoms with Crippen LogP contribution in [0.1, 0.15) is 36.8 Å². The topological polar surface area (TPSA) is 26.5 Å². The summed E-state index contributed by atoms with van der Waals surface area (Å²) < 4.78 is 3.32. The molecule has 1 unspecified atom stereocenters. The van der Waals surface area contributed by atoms with Crippen molar-refractivity contribution in [1.82, 2.24) is 0 Å². The van der Waals surface area contributed by atoms with Crippen LogP contribution < -0.4 is 21.9 Å². The predicted molar refractivity (Wildman–Crippen MR) is 105 cm³/mol. The van der Waals surface area contributed by atoms with Crippen molar-refractivity contribution in [2.75, 3.05) is 18.0 Å². The van der Waals surface area contributed by atoms with E-state index in [0.717, 1.165) is 35.1 Å². The SMILES string of the molecule is Cc1ccc(C2(O)CN(c3ccc(Br)cc3)C3=[N+]2CCCCC3)cc1.[Br-]. The van der Waals surface area contributed by atoms with E-state index in [1.165, 1.54) is 24.2 Å². The fourth-order valence-corrected chi connectivity index (χ4v) is 4.26. The third kappa shape index (κ3) is 3.49. The molecule has 5 heteroatoms. The Morgan fingerprint density at radius 1 is 1.00 bits per heavy atom. The van der Waals surface area contributed by atoms with Crippen LogP contribution >= 0.6 is 15.9 Å². The summed E-state index contributed by atoms with van der Waals surface area (Å²) in [5.74, 6) is 1.25. The minimum atomic E-state index is -0.958. The second kappa shape index (κ2) is 7.83. The van der Waals surface area contributed by atoms with E-state index in [1.54, 1.807) is 0 Å². The number of amidine groups is 1. The van der Waals surface area contributed by atoms with Crippen molar-refractivity contribution in [2.45, 2.75) is 38.3 Å². The molecule has 1 N–H and O–H groups in total. The normalized spacial score (nSPS) is 22.7. The summed E-state index contributed by atoms with van der Waals surface area (Å²) in [5, 5.41) is 11.7. The molecule has 0 spiro atoms. The molecule has 0 bridgehead atoms. The summed E-state index contributed by atoms with van der Waals surface area (Å²) in [6.45, 7) is 3.57. The predicted octanol–water partition coefficient (Wildman–Crippen LogP) is 1.41. The molecule has 26 heavy (non-hydrogen) atoms. The Morgan fingerprint density at radius 2 is 1.69 bits per heavy atom. The Labute approximate surface area is 174 Å². The molecule has 1 atom stereocenters. The molecule has 0 fully saturated rings. The van der Waals surface area contributed by atoms with E-state index < -0.39 is 5.72 Å². The highest BCUT2D eigenvalue weighted by Gasteiger charge is 2.51. The van der Waals surface area contributed by atoms with Gasteiger partial charge in [-0.2, -0.15) is 0 Å². The van der Waals surface area contributed by atoms with Gasteiger partial charge in [-0.1, -0.05) is 45.8 Å². The third-order valence-electron chi connectivity index (χ3n) is 5.38. The van der Waals surface area contributed by atoms with Crippen LogP contribution in [0.15, 0.2) is 53.0 Å². The van der Waals surface area contributed by atoms with Crippen molar-refractivity contribution < 1.29 is 26.7 Å². The van der Waals surface area contributed by atoms with Crippen LogP contribution in [0.5, 0.6) is 0 Å². The van der Waals surface area contributed by atoms with Crippen LogP contribution in [0.4, 0.5) is 5.69 Å². The van der Waals surface area contributed by atoms with Crippen LogP contribution in [0.2, 0.25) is 0 Å². The van der Waals surface area contributed by atoms with Crippen molar-refractivity contribution >= 4 is 27.5 Å². The van der Waals surface area contributed by atoms with E-state index in [2.05, 4.69) is 80.9 Å². The highest BCUT2D eigenvalue weighted by molar-refractivity contribution is 9.10. The first kappa shape index (κ1) is 19.6. The molecular weight excluding hydrogens is 456 g/mol. The third-order valence-corrected chi connectivity index (χ3v) is 5.91. The van der Waals surface area contributed by atoms with E-state index in [0.29, 0.717) is 6.54 Å². The lowest BCUT2D eigenvalue weighted by Gasteiger charge is -2.23. The molecule has 0 saturated heterocycles. The molecule has 0 amide bonds. The van der Waals surface area contributed by atoms with Gasteiger partial charge >= 0.3 is 0 Å². The maximum Gasteiger partial charge on any atom is 0.271 e. The van der Waals surface area contributed by atoms with Crippen molar-refractivity contribution in [3.63, 3.8) is 0 Å². The molecule has 4 rings (SSSR count). The lowest BCUT2D eigenvalue weighted by molar-refractivity contribution is -0.658. The molecule has 2 aromatic carbocycles. The summed E-state index contributed by atoms with van der Waals surface area (Å²) in [4.78, 5) is 2.30. The van der Waals surface area contributed by atoms with E-state index in [1.807, 2.05) is 0 Å². The minimum Gasteiger partial charge on any atom is -1.00 e. The molecule has 138 valence electrons. The fourth-order valence-electron chi connectivity index (χ4n) is 4.00. The van der Waals surface area contributed by atoms with Gasteiger partial charge in [0.2, 0.25) is 0 Å². The van der Waals surface area contributed by atoms with E-state index in [4.69, 9.17) is 0 Å². The maximum atomic E-state index is 11.7. The van der Waals surface area contributed by atoms with Crippen LogP contribution in [-0.4, -0.2) is 28.6 Å². The Morgan fingerprint density at radius 3 is 2.38 bits per heavy atom. The zero-order valence-corrected chi connectivity index (χ0v) is 18.1. The van der Waals surface area contributed by atoms with E-state index >= 15 is 0 Å². The van der Waals surface area contributed by atoms with Gasteiger partial charge in [0.1, 0.15) is 5.69 Å². The number of benzene rings is 2. The van der Waals surface area contributed by atoms with Gasteiger partial charge in [0.25, 0.3) is 11.6 Å². The molecule has 2 aromatic rings. The molecule has 0 aromatic heterocycles. The number of nitrogens with zero attached hydrogens (tertiary/aromatic N) is 2. The summed E-state index contributed by atoms with van der Waals surface area (Å²) >= 11 is 3.52. The Hall–Kier alpha value is -1.17. The average molecular weight is 480 g/mol. The first-order valence-electron chi connectivity index (χ1n) is 9.04. The molecule has 0 aliphatic carbocycles.